The van der Waals surface area contributed by atoms with E-state index in [0.29, 0.717) is 32.7 Å². The van der Waals surface area contributed by atoms with Crippen LogP contribution >= 0.6 is 0 Å². The van der Waals surface area contributed by atoms with Gasteiger partial charge in [-0.1, -0.05) is 0 Å². The van der Waals surface area contributed by atoms with Crippen LogP contribution in [-0.2, 0) is 19.1 Å². The number of aliphatic carboxylic acids is 1. The number of amides is 2. The lowest BCUT2D eigenvalue weighted by atomic mass is 9.97. The average Bonchev–Trinajstić information content (AvgIpc) is 2.38. The lowest BCUT2D eigenvalue weighted by Crippen LogP contribution is -2.65. The molecule has 8 heteroatoms. The Morgan fingerprint density at radius 2 is 2.00 bits per heavy atom. The summed E-state index contributed by atoms with van der Waals surface area (Å²) >= 11 is 0. The number of esters is 1. The molecule has 0 radical (unpaired) electrons. The van der Waals surface area contributed by atoms with E-state index in [1.165, 1.54) is 4.90 Å². The van der Waals surface area contributed by atoms with Gasteiger partial charge in [0.15, 0.2) is 0 Å². The van der Waals surface area contributed by atoms with Crippen molar-refractivity contribution < 1.29 is 29.0 Å². The molecular formula is C13H22N2O6. The van der Waals surface area contributed by atoms with Gasteiger partial charge in [-0.25, -0.2) is 9.59 Å². The molecule has 1 aliphatic heterocycles. The van der Waals surface area contributed by atoms with Crippen LogP contribution in [0.1, 0.15) is 26.7 Å². The Labute approximate surface area is 123 Å². The van der Waals surface area contributed by atoms with Crippen LogP contribution in [0, 0.1) is 0 Å². The van der Waals surface area contributed by atoms with Gasteiger partial charge in [-0.2, -0.15) is 0 Å². The molecule has 0 aliphatic carbocycles. The first-order chi connectivity index (χ1) is 9.86. The maximum atomic E-state index is 11.7. The molecule has 1 saturated heterocycles. The van der Waals surface area contributed by atoms with Crippen LogP contribution in [0.4, 0.5) is 4.79 Å². The Morgan fingerprint density at radius 3 is 2.57 bits per heavy atom. The molecule has 0 aromatic heterocycles. The fraction of sp³-hybridized carbons (Fsp3) is 0.769. The number of ether oxygens (including phenoxy) is 2. The van der Waals surface area contributed by atoms with Gasteiger partial charge in [0.2, 0.25) is 0 Å². The van der Waals surface area contributed by atoms with Crippen molar-refractivity contribution >= 4 is 18.0 Å². The molecule has 1 fully saturated rings. The Bertz CT molecular complexity index is 392. The van der Waals surface area contributed by atoms with Crippen LogP contribution in [0.25, 0.3) is 0 Å². The third kappa shape index (κ3) is 5.99. The second-order valence-electron chi connectivity index (χ2n) is 5.13. The zero-order valence-corrected chi connectivity index (χ0v) is 12.4. The molecule has 120 valence electrons. The van der Waals surface area contributed by atoms with E-state index in [-0.39, 0.29) is 25.0 Å². The SMILES string of the molecule is CCOC(=O)CCCNC(=O)N1CC(C)(OCC(=O)O)C1. The van der Waals surface area contributed by atoms with E-state index >= 15 is 0 Å². The summed E-state index contributed by atoms with van der Waals surface area (Å²) in [5, 5.41) is 11.2. The van der Waals surface area contributed by atoms with Crippen molar-refractivity contribution in [3.63, 3.8) is 0 Å². The highest BCUT2D eigenvalue weighted by molar-refractivity contribution is 5.75. The molecule has 0 spiro atoms. The second kappa shape index (κ2) is 7.82. The lowest BCUT2D eigenvalue weighted by molar-refractivity contribution is -0.159. The Balaban J connectivity index is 2.12. The second-order valence-corrected chi connectivity index (χ2v) is 5.13. The zero-order chi connectivity index (χ0) is 15.9. The van der Waals surface area contributed by atoms with E-state index in [1.807, 2.05) is 0 Å². The number of carbonyl (C=O) groups excluding carboxylic acids is 2. The Kier molecular flexibility index (Phi) is 6.41. The summed E-state index contributed by atoms with van der Waals surface area (Å²) < 4.78 is 9.98. The summed E-state index contributed by atoms with van der Waals surface area (Å²) in [6.07, 6.45) is 0.790. The molecule has 2 N–H and O–H groups in total. The van der Waals surface area contributed by atoms with Crippen LogP contribution in [-0.4, -0.2) is 66.4 Å². The molecule has 1 rings (SSSR count). The van der Waals surface area contributed by atoms with Gasteiger partial charge in [-0.05, 0) is 20.3 Å². The van der Waals surface area contributed by atoms with Crippen molar-refractivity contribution in [3.8, 4) is 0 Å². The molecule has 1 heterocycles. The minimum atomic E-state index is -1.03. The van der Waals surface area contributed by atoms with E-state index in [4.69, 9.17) is 14.6 Å². The maximum Gasteiger partial charge on any atom is 0.329 e. The molecule has 0 saturated carbocycles. The number of nitrogens with zero attached hydrogens (tertiary/aromatic N) is 1. The van der Waals surface area contributed by atoms with Crippen LogP contribution < -0.4 is 5.32 Å². The number of nitrogens with one attached hydrogen (secondary N) is 1. The van der Waals surface area contributed by atoms with Gasteiger partial charge in [0.05, 0.1) is 19.7 Å². The summed E-state index contributed by atoms with van der Waals surface area (Å²) in [4.78, 5) is 34.8. The van der Waals surface area contributed by atoms with Crippen molar-refractivity contribution in [1.82, 2.24) is 10.2 Å². The van der Waals surface area contributed by atoms with Gasteiger partial charge in [-0.3, -0.25) is 4.79 Å². The molecule has 0 atom stereocenters. The Hall–Kier alpha value is -1.83. The molecule has 21 heavy (non-hydrogen) atoms. The number of carbonyl (C=O) groups is 3. The summed E-state index contributed by atoms with van der Waals surface area (Å²) in [5.41, 5.74) is -0.597. The molecular weight excluding hydrogens is 280 g/mol. The largest absolute Gasteiger partial charge is 0.480 e. The number of carboxylic acid groups (broad SMARTS) is 1. The predicted octanol–water partition coefficient (Wildman–Crippen LogP) is 0.215. The zero-order valence-electron chi connectivity index (χ0n) is 12.4. The van der Waals surface area contributed by atoms with Crippen LogP contribution in [0.15, 0.2) is 0 Å². The smallest absolute Gasteiger partial charge is 0.329 e. The standard InChI is InChI=1S/C13H22N2O6/c1-3-20-11(18)5-4-6-14-12(19)15-8-13(2,9-15)21-7-10(16)17/h3-9H2,1-2H3,(H,14,19)(H,16,17). The monoisotopic (exact) mass is 302 g/mol. The highest BCUT2D eigenvalue weighted by Gasteiger charge is 2.42. The molecule has 0 unspecified atom stereocenters. The van der Waals surface area contributed by atoms with Crippen LogP contribution in [0.2, 0.25) is 0 Å². The average molecular weight is 302 g/mol. The minimum Gasteiger partial charge on any atom is -0.480 e. The van der Waals surface area contributed by atoms with E-state index in [1.54, 1.807) is 13.8 Å². The van der Waals surface area contributed by atoms with Gasteiger partial charge >= 0.3 is 18.0 Å². The summed E-state index contributed by atoms with van der Waals surface area (Å²) in [6.45, 7) is 4.58. The summed E-state index contributed by atoms with van der Waals surface area (Å²) in [6, 6.07) is -0.241. The molecule has 1 aliphatic rings. The van der Waals surface area contributed by atoms with Crippen molar-refractivity contribution in [1.29, 1.82) is 0 Å². The number of urea groups is 1. The van der Waals surface area contributed by atoms with Crippen LogP contribution in [0.3, 0.4) is 0 Å². The number of hydrogen-bond acceptors (Lipinski definition) is 5. The first kappa shape index (κ1) is 17.2. The third-order valence-corrected chi connectivity index (χ3v) is 3.02. The molecule has 0 aromatic rings. The molecule has 0 bridgehead atoms. The van der Waals surface area contributed by atoms with Gasteiger partial charge in [0, 0.05) is 13.0 Å². The molecule has 2 amide bonds. The number of carboxylic acids is 1. The van der Waals surface area contributed by atoms with Crippen molar-refractivity contribution in [2.45, 2.75) is 32.3 Å². The fourth-order valence-electron chi connectivity index (χ4n) is 2.01. The third-order valence-electron chi connectivity index (χ3n) is 3.02. The summed E-state index contributed by atoms with van der Waals surface area (Å²) in [7, 11) is 0. The topological polar surface area (TPSA) is 105 Å². The lowest BCUT2D eigenvalue weighted by Gasteiger charge is -2.46. The van der Waals surface area contributed by atoms with Crippen LogP contribution in [0.5, 0.6) is 0 Å². The van der Waals surface area contributed by atoms with Gasteiger partial charge in [-0.15, -0.1) is 0 Å². The van der Waals surface area contributed by atoms with E-state index in [9.17, 15) is 14.4 Å². The first-order valence-electron chi connectivity index (χ1n) is 6.90. The normalized spacial score (nSPS) is 16.0. The summed E-state index contributed by atoms with van der Waals surface area (Å²) in [5.74, 6) is -1.30. The van der Waals surface area contributed by atoms with Gasteiger partial charge in [0.25, 0.3) is 0 Å². The van der Waals surface area contributed by atoms with Crippen molar-refractivity contribution in [3.05, 3.63) is 0 Å². The maximum absolute atomic E-state index is 11.7. The van der Waals surface area contributed by atoms with Crippen molar-refractivity contribution in [2.75, 3.05) is 32.8 Å². The molecule has 8 nitrogen and oxygen atoms in total. The van der Waals surface area contributed by atoms with Gasteiger partial charge in [0.1, 0.15) is 12.2 Å². The quantitative estimate of drug-likeness (QED) is 0.491. The predicted molar refractivity (Wildman–Crippen MR) is 72.8 cm³/mol. The van der Waals surface area contributed by atoms with E-state index in [2.05, 4.69) is 5.32 Å². The minimum absolute atomic E-state index is 0.241. The number of hydrogen-bond donors (Lipinski definition) is 2. The van der Waals surface area contributed by atoms with Crippen molar-refractivity contribution in [2.24, 2.45) is 0 Å². The highest BCUT2D eigenvalue weighted by atomic mass is 16.5. The highest BCUT2D eigenvalue weighted by Crippen LogP contribution is 2.24. The number of likely N-dealkylation sites (tertiary alicyclic amines) is 1. The van der Waals surface area contributed by atoms with E-state index in [0.717, 1.165) is 0 Å². The number of rotatable bonds is 8. The Morgan fingerprint density at radius 1 is 1.33 bits per heavy atom. The van der Waals surface area contributed by atoms with E-state index < -0.39 is 11.6 Å². The first-order valence-corrected chi connectivity index (χ1v) is 6.90. The molecule has 0 aromatic carbocycles. The fourth-order valence-corrected chi connectivity index (χ4v) is 2.01. The van der Waals surface area contributed by atoms with Gasteiger partial charge < -0.3 is 24.8 Å².